The number of hydrogen-bond acceptors (Lipinski definition) is 3. The van der Waals surface area contributed by atoms with Crippen LogP contribution in [0, 0.1) is 0 Å². The molecule has 0 aromatic heterocycles. The Morgan fingerprint density at radius 3 is 2.63 bits per heavy atom. The Balaban J connectivity index is 2.19. The van der Waals surface area contributed by atoms with Crippen LogP contribution in [0.5, 0.6) is 11.5 Å². The molecule has 3 nitrogen and oxygen atoms in total. The van der Waals surface area contributed by atoms with Gasteiger partial charge < -0.3 is 9.84 Å². The smallest absolute Gasteiger partial charge is 0.343 e. The number of phenols is 1. The second-order valence-corrected chi connectivity index (χ2v) is 4.04. The number of esters is 1. The molecule has 0 unspecified atom stereocenters. The van der Waals surface area contributed by atoms with E-state index in [1.165, 1.54) is 12.1 Å². The molecule has 0 bridgehead atoms. The summed E-state index contributed by atoms with van der Waals surface area (Å²) in [6.07, 6.45) is 2.17. The van der Waals surface area contributed by atoms with Gasteiger partial charge in [0.25, 0.3) is 0 Å². The van der Waals surface area contributed by atoms with E-state index in [1.54, 1.807) is 36.4 Å². The highest BCUT2D eigenvalue weighted by molar-refractivity contribution is 5.91. The van der Waals surface area contributed by atoms with Crippen molar-refractivity contribution in [1.29, 1.82) is 0 Å². The number of benzene rings is 2. The van der Waals surface area contributed by atoms with Crippen LogP contribution in [0.25, 0.3) is 0 Å². The zero-order valence-electron chi connectivity index (χ0n) is 10.4. The van der Waals surface area contributed by atoms with Gasteiger partial charge in [0.05, 0.1) is 5.56 Å². The van der Waals surface area contributed by atoms with Crippen LogP contribution in [0.15, 0.2) is 61.2 Å². The van der Waals surface area contributed by atoms with E-state index in [1.807, 2.05) is 6.07 Å². The van der Waals surface area contributed by atoms with E-state index in [2.05, 4.69) is 6.58 Å². The van der Waals surface area contributed by atoms with Gasteiger partial charge >= 0.3 is 5.97 Å². The fourth-order valence-electron chi connectivity index (χ4n) is 1.69. The number of carbonyl (C=O) groups is 1. The van der Waals surface area contributed by atoms with Crippen molar-refractivity contribution < 1.29 is 14.6 Å². The molecule has 2 aromatic rings. The number of phenolic OH excluding ortho intramolecular Hbond substituents is 1. The SMILES string of the molecule is C=CCc1cc(C(=O)Oc2ccccc2)ccc1O. The molecule has 2 rings (SSSR count). The van der Waals surface area contributed by atoms with Crippen LogP contribution in [-0.4, -0.2) is 11.1 Å². The van der Waals surface area contributed by atoms with Crippen molar-refractivity contribution in [3.05, 3.63) is 72.3 Å². The van der Waals surface area contributed by atoms with E-state index in [0.717, 1.165) is 0 Å². The number of ether oxygens (including phenoxy) is 1. The lowest BCUT2D eigenvalue weighted by Crippen LogP contribution is -2.08. The maximum absolute atomic E-state index is 12.0. The Labute approximate surface area is 111 Å². The number of para-hydroxylation sites is 1. The first-order chi connectivity index (χ1) is 9.20. The number of hydrogen-bond donors (Lipinski definition) is 1. The van der Waals surface area contributed by atoms with Crippen molar-refractivity contribution in [1.82, 2.24) is 0 Å². The molecule has 2 aromatic carbocycles. The summed E-state index contributed by atoms with van der Waals surface area (Å²) < 4.78 is 5.23. The summed E-state index contributed by atoms with van der Waals surface area (Å²) in [4.78, 5) is 12.0. The molecule has 0 saturated heterocycles. The van der Waals surface area contributed by atoms with Crippen LogP contribution >= 0.6 is 0 Å². The van der Waals surface area contributed by atoms with Gasteiger partial charge in [0.2, 0.25) is 0 Å². The van der Waals surface area contributed by atoms with E-state index in [-0.39, 0.29) is 5.75 Å². The molecule has 0 heterocycles. The maximum Gasteiger partial charge on any atom is 0.343 e. The molecule has 19 heavy (non-hydrogen) atoms. The number of allylic oxidation sites excluding steroid dienone is 1. The quantitative estimate of drug-likeness (QED) is 0.517. The van der Waals surface area contributed by atoms with Gasteiger partial charge in [-0.1, -0.05) is 24.3 Å². The average Bonchev–Trinajstić information content (AvgIpc) is 2.42. The summed E-state index contributed by atoms with van der Waals surface area (Å²) in [5.41, 5.74) is 1.05. The summed E-state index contributed by atoms with van der Waals surface area (Å²) >= 11 is 0. The first-order valence-electron chi connectivity index (χ1n) is 5.90. The minimum absolute atomic E-state index is 0.149. The van der Waals surface area contributed by atoms with Crippen molar-refractivity contribution in [3.63, 3.8) is 0 Å². The lowest BCUT2D eigenvalue weighted by molar-refractivity contribution is 0.0734. The largest absolute Gasteiger partial charge is 0.508 e. The molecule has 0 amide bonds. The minimum Gasteiger partial charge on any atom is -0.508 e. The Kier molecular flexibility index (Phi) is 3.98. The number of carbonyl (C=O) groups excluding carboxylic acids is 1. The molecule has 0 atom stereocenters. The van der Waals surface area contributed by atoms with E-state index in [0.29, 0.717) is 23.3 Å². The molecule has 0 aliphatic carbocycles. The van der Waals surface area contributed by atoms with Crippen LogP contribution in [0.2, 0.25) is 0 Å². The van der Waals surface area contributed by atoms with Crippen LogP contribution in [0.3, 0.4) is 0 Å². The predicted octanol–water partition coefficient (Wildman–Crippen LogP) is 3.34. The fraction of sp³-hybridized carbons (Fsp3) is 0.0625. The second-order valence-electron chi connectivity index (χ2n) is 4.04. The standard InChI is InChI=1S/C16H14O3/c1-2-6-12-11-13(9-10-15(12)17)16(18)19-14-7-4-3-5-8-14/h2-5,7-11,17H,1,6H2. The first kappa shape index (κ1) is 12.9. The van der Waals surface area contributed by atoms with Gasteiger partial charge in [0.15, 0.2) is 0 Å². The van der Waals surface area contributed by atoms with Gasteiger partial charge in [-0.3, -0.25) is 0 Å². The Bertz CT molecular complexity index is 588. The highest BCUT2D eigenvalue weighted by atomic mass is 16.5. The maximum atomic E-state index is 12.0. The zero-order valence-corrected chi connectivity index (χ0v) is 10.4. The predicted molar refractivity (Wildman–Crippen MR) is 73.4 cm³/mol. The molecule has 1 N–H and O–H groups in total. The zero-order chi connectivity index (χ0) is 13.7. The van der Waals surface area contributed by atoms with Gasteiger partial charge in [-0.25, -0.2) is 4.79 Å². The van der Waals surface area contributed by atoms with Crippen LogP contribution in [0.4, 0.5) is 0 Å². The monoisotopic (exact) mass is 254 g/mol. The number of rotatable bonds is 4. The molecule has 0 spiro atoms. The minimum atomic E-state index is -0.448. The Hall–Kier alpha value is -2.55. The third-order valence-corrected chi connectivity index (χ3v) is 2.63. The Morgan fingerprint density at radius 2 is 1.95 bits per heavy atom. The summed E-state index contributed by atoms with van der Waals surface area (Å²) in [6, 6.07) is 13.5. The Morgan fingerprint density at radius 1 is 1.21 bits per heavy atom. The molecule has 0 radical (unpaired) electrons. The molecule has 0 saturated carbocycles. The van der Waals surface area contributed by atoms with E-state index in [9.17, 15) is 9.90 Å². The molecule has 3 heteroatoms. The van der Waals surface area contributed by atoms with Gasteiger partial charge in [-0.2, -0.15) is 0 Å². The van der Waals surface area contributed by atoms with Gasteiger partial charge in [0.1, 0.15) is 11.5 Å². The fourth-order valence-corrected chi connectivity index (χ4v) is 1.69. The van der Waals surface area contributed by atoms with E-state index >= 15 is 0 Å². The van der Waals surface area contributed by atoms with Crippen molar-refractivity contribution in [2.45, 2.75) is 6.42 Å². The van der Waals surface area contributed by atoms with Gasteiger partial charge in [0, 0.05) is 0 Å². The lowest BCUT2D eigenvalue weighted by atomic mass is 10.1. The van der Waals surface area contributed by atoms with Gasteiger partial charge in [-0.05, 0) is 42.3 Å². The van der Waals surface area contributed by atoms with Crippen LogP contribution < -0.4 is 4.74 Å². The summed E-state index contributed by atoms with van der Waals surface area (Å²) in [6.45, 7) is 3.61. The van der Waals surface area contributed by atoms with E-state index in [4.69, 9.17) is 4.74 Å². The summed E-state index contributed by atoms with van der Waals surface area (Å²) in [7, 11) is 0. The number of aromatic hydroxyl groups is 1. The van der Waals surface area contributed by atoms with Crippen molar-refractivity contribution in [3.8, 4) is 11.5 Å². The van der Waals surface area contributed by atoms with Crippen molar-refractivity contribution in [2.75, 3.05) is 0 Å². The summed E-state index contributed by atoms with van der Waals surface area (Å²) in [5, 5.41) is 9.64. The molecular weight excluding hydrogens is 240 g/mol. The average molecular weight is 254 g/mol. The molecule has 0 aliphatic heterocycles. The van der Waals surface area contributed by atoms with Gasteiger partial charge in [-0.15, -0.1) is 6.58 Å². The first-order valence-corrected chi connectivity index (χ1v) is 5.90. The second kappa shape index (κ2) is 5.87. The normalized spacial score (nSPS) is 9.89. The highest BCUT2D eigenvalue weighted by Crippen LogP contribution is 2.20. The lowest BCUT2D eigenvalue weighted by Gasteiger charge is -2.06. The third kappa shape index (κ3) is 3.22. The molecule has 0 fully saturated rings. The highest BCUT2D eigenvalue weighted by Gasteiger charge is 2.10. The topological polar surface area (TPSA) is 46.5 Å². The molecular formula is C16H14O3. The molecule has 0 aliphatic rings. The van der Waals surface area contributed by atoms with Crippen LogP contribution in [-0.2, 0) is 6.42 Å². The van der Waals surface area contributed by atoms with Crippen molar-refractivity contribution >= 4 is 5.97 Å². The third-order valence-electron chi connectivity index (χ3n) is 2.63. The van der Waals surface area contributed by atoms with Crippen molar-refractivity contribution in [2.24, 2.45) is 0 Å². The van der Waals surface area contributed by atoms with E-state index < -0.39 is 5.97 Å². The summed E-state index contributed by atoms with van der Waals surface area (Å²) in [5.74, 6) is 0.193. The van der Waals surface area contributed by atoms with Crippen LogP contribution in [0.1, 0.15) is 15.9 Å². The molecule has 96 valence electrons.